The Kier molecular flexibility index (Phi) is 3.78. The lowest BCUT2D eigenvalue weighted by atomic mass is 10.2. The smallest absolute Gasteiger partial charge is 0.267 e. The molecule has 0 unspecified atom stereocenters. The summed E-state index contributed by atoms with van der Waals surface area (Å²) in [4.78, 5) is 19.4. The van der Waals surface area contributed by atoms with E-state index in [2.05, 4.69) is 9.97 Å². The van der Waals surface area contributed by atoms with Crippen LogP contribution in [0.5, 0.6) is 11.5 Å². The minimum absolute atomic E-state index is 0.189. The van der Waals surface area contributed by atoms with Crippen molar-refractivity contribution in [2.75, 3.05) is 0 Å². The second-order valence-corrected chi connectivity index (χ2v) is 4.57. The van der Waals surface area contributed by atoms with Gasteiger partial charge in [0.05, 0.1) is 0 Å². The molecule has 22 heavy (non-hydrogen) atoms. The van der Waals surface area contributed by atoms with E-state index in [0.29, 0.717) is 11.6 Å². The van der Waals surface area contributed by atoms with E-state index >= 15 is 0 Å². The van der Waals surface area contributed by atoms with Crippen LogP contribution in [0.1, 0.15) is 10.5 Å². The van der Waals surface area contributed by atoms with Crippen molar-refractivity contribution in [2.45, 2.75) is 0 Å². The molecule has 0 aliphatic rings. The van der Waals surface area contributed by atoms with Gasteiger partial charge in [-0.3, -0.25) is 4.79 Å². The minimum Gasteiger partial charge on any atom is -0.457 e. The number of amides is 1. The molecule has 0 bridgehead atoms. The molecule has 0 saturated carbocycles. The van der Waals surface area contributed by atoms with Gasteiger partial charge in [0.1, 0.15) is 17.2 Å². The average Bonchev–Trinajstić information content (AvgIpc) is 2.56. The van der Waals surface area contributed by atoms with Gasteiger partial charge in [-0.15, -0.1) is 0 Å². The van der Waals surface area contributed by atoms with E-state index < -0.39 is 5.91 Å². The number of primary amides is 1. The van der Waals surface area contributed by atoms with E-state index in [4.69, 9.17) is 10.5 Å². The van der Waals surface area contributed by atoms with E-state index in [1.807, 2.05) is 54.6 Å². The summed E-state index contributed by atoms with van der Waals surface area (Å²) in [6.45, 7) is 0. The quantitative estimate of drug-likeness (QED) is 0.801. The fraction of sp³-hybridized carbons (Fsp3) is 0. The van der Waals surface area contributed by atoms with Crippen molar-refractivity contribution in [3.05, 3.63) is 72.6 Å². The summed E-state index contributed by atoms with van der Waals surface area (Å²) in [6.07, 6.45) is 1.51. The number of aromatic nitrogens is 2. The Morgan fingerprint density at radius 2 is 1.59 bits per heavy atom. The van der Waals surface area contributed by atoms with Crippen LogP contribution in [0.2, 0.25) is 0 Å². The largest absolute Gasteiger partial charge is 0.457 e. The summed E-state index contributed by atoms with van der Waals surface area (Å²) >= 11 is 0. The fourth-order valence-corrected chi connectivity index (χ4v) is 1.93. The highest BCUT2D eigenvalue weighted by atomic mass is 16.5. The topological polar surface area (TPSA) is 78.1 Å². The van der Waals surface area contributed by atoms with Crippen LogP contribution in [0.15, 0.2) is 66.9 Å². The van der Waals surface area contributed by atoms with E-state index in [0.717, 1.165) is 11.3 Å². The molecular formula is C17H13N3O2. The summed E-state index contributed by atoms with van der Waals surface area (Å²) in [6, 6.07) is 18.3. The Hall–Kier alpha value is -3.21. The molecule has 3 aromatic rings. The van der Waals surface area contributed by atoms with E-state index in [1.54, 1.807) is 0 Å². The first-order chi connectivity index (χ1) is 10.7. The van der Waals surface area contributed by atoms with Gasteiger partial charge in [-0.1, -0.05) is 18.2 Å². The highest BCUT2D eigenvalue weighted by molar-refractivity contribution is 5.91. The first kappa shape index (κ1) is 13.8. The number of benzene rings is 2. The van der Waals surface area contributed by atoms with Gasteiger partial charge in [0.25, 0.3) is 5.91 Å². The van der Waals surface area contributed by atoms with Crippen LogP contribution in [0.3, 0.4) is 0 Å². The number of rotatable bonds is 4. The molecular weight excluding hydrogens is 278 g/mol. The van der Waals surface area contributed by atoms with Gasteiger partial charge in [0.2, 0.25) is 0 Å². The molecule has 1 amide bonds. The predicted molar refractivity (Wildman–Crippen MR) is 82.5 cm³/mol. The van der Waals surface area contributed by atoms with Crippen molar-refractivity contribution in [2.24, 2.45) is 5.73 Å². The second kappa shape index (κ2) is 6.05. The number of ether oxygens (including phenoxy) is 1. The average molecular weight is 291 g/mol. The second-order valence-electron chi connectivity index (χ2n) is 4.57. The Morgan fingerprint density at radius 3 is 2.27 bits per heavy atom. The van der Waals surface area contributed by atoms with Crippen LogP contribution < -0.4 is 10.5 Å². The number of hydrogen-bond acceptors (Lipinski definition) is 4. The van der Waals surface area contributed by atoms with E-state index in [9.17, 15) is 4.79 Å². The molecule has 0 atom stereocenters. The summed E-state index contributed by atoms with van der Waals surface area (Å²) in [7, 11) is 0. The summed E-state index contributed by atoms with van der Waals surface area (Å²) < 4.78 is 5.72. The standard InChI is InChI=1S/C17H13N3O2/c18-16(21)15-10-11-19-17(20-15)12-6-8-14(9-7-12)22-13-4-2-1-3-5-13/h1-11H,(H2,18,21). The normalized spacial score (nSPS) is 10.2. The highest BCUT2D eigenvalue weighted by Gasteiger charge is 2.06. The molecule has 2 aromatic carbocycles. The van der Waals surface area contributed by atoms with Crippen molar-refractivity contribution < 1.29 is 9.53 Å². The molecule has 2 N–H and O–H groups in total. The molecule has 0 aliphatic carbocycles. The molecule has 108 valence electrons. The molecule has 0 aliphatic heterocycles. The van der Waals surface area contributed by atoms with Crippen molar-refractivity contribution in [3.63, 3.8) is 0 Å². The van der Waals surface area contributed by atoms with Crippen LogP contribution in [0.25, 0.3) is 11.4 Å². The van der Waals surface area contributed by atoms with Gasteiger partial charge < -0.3 is 10.5 Å². The fourth-order valence-electron chi connectivity index (χ4n) is 1.93. The maximum absolute atomic E-state index is 11.2. The summed E-state index contributed by atoms with van der Waals surface area (Å²) in [5, 5.41) is 0. The zero-order valence-corrected chi connectivity index (χ0v) is 11.6. The minimum atomic E-state index is -0.576. The van der Waals surface area contributed by atoms with Gasteiger partial charge in [0, 0.05) is 11.8 Å². The predicted octanol–water partition coefficient (Wildman–Crippen LogP) is 3.03. The number of hydrogen-bond donors (Lipinski definition) is 1. The molecule has 1 aromatic heterocycles. The van der Waals surface area contributed by atoms with Gasteiger partial charge in [-0.2, -0.15) is 0 Å². The van der Waals surface area contributed by atoms with Crippen LogP contribution in [-0.2, 0) is 0 Å². The third-order valence-electron chi connectivity index (χ3n) is 3.00. The summed E-state index contributed by atoms with van der Waals surface area (Å²) in [5.74, 6) is 1.35. The highest BCUT2D eigenvalue weighted by Crippen LogP contribution is 2.24. The molecule has 0 saturated heterocycles. The number of carbonyl (C=O) groups excluding carboxylic acids is 1. The molecule has 1 heterocycles. The summed E-state index contributed by atoms with van der Waals surface area (Å²) in [5.41, 5.74) is 6.19. The zero-order valence-electron chi connectivity index (χ0n) is 11.6. The van der Waals surface area contributed by atoms with Crippen LogP contribution in [0, 0.1) is 0 Å². The maximum Gasteiger partial charge on any atom is 0.267 e. The lowest BCUT2D eigenvalue weighted by Gasteiger charge is -2.06. The van der Waals surface area contributed by atoms with E-state index in [-0.39, 0.29) is 5.69 Å². The third-order valence-corrected chi connectivity index (χ3v) is 3.00. The van der Waals surface area contributed by atoms with Gasteiger partial charge in [-0.05, 0) is 42.5 Å². The number of nitrogens with two attached hydrogens (primary N) is 1. The number of carbonyl (C=O) groups is 1. The SMILES string of the molecule is NC(=O)c1ccnc(-c2ccc(Oc3ccccc3)cc2)n1. The molecule has 5 nitrogen and oxygen atoms in total. The van der Waals surface area contributed by atoms with Crippen molar-refractivity contribution >= 4 is 5.91 Å². The molecule has 3 rings (SSSR count). The number of nitrogens with zero attached hydrogens (tertiary/aromatic N) is 2. The van der Waals surface area contributed by atoms with Crippen LogP contribution in [0.4, 0.5) is 0 Å². The molecule has 5 heteroatoms. The van der Waals surface area contributed by atoms with Gasteiger partial charge in [0.15, 0.2) is 5.82 Å². The van der Waals surface area contributed by atoms with Gasteiger partial charge >= 0.3 is 0 Å². The van der Waals surface area contributed by atoms with Crippen molar-refractivity contribution in [1.82, 2.24) is 9.97 Å². The first-order valence-corrected chi connectivity index (χ1v) is 6.68. The Bertz CT molecular complexity index is 787. The van der Waals surface area contributed by atoms with Crippen molar-refractivity contribution in [3.8, 4) is 22.9 Å². The Morgan fingerprint density at radius 1 is 0.909 bits per heavy atom. The van der Waals surface area contributed by atoms with Gasteiger partial charge in [-0.25, -0.2) is 9.97 Å². The Balaban J connectivity index is 1.82. The van der Waals surface area contributed by atoms with E-state index in [1.165, 1.54) is 12.3 Å². The monoisotopic (exact) mass is 291 g/mol. The third kappa shape index (κ3) is 3.09. The molecule has 0 fully saturated rings. The first-order valence-electron chi connectivity index (χ1n) is 6.68. The van der Waals surface area contributed by atoms with Crippen LogP contribution in [-0.4, -0.2) is 15.9 Å². The number of para-hydroxylation sites is 1. The zero-order chi connectivity index (χ0) is 15.4. The molecule has 0 spiro atoms. The lowest BCUT2D eigenvalue weighted by molar-refractivity contribution is 0.0995. The Labute approximate surface area is 127 Å². The lowest BCUT2D eigenvalue weighted by Crippen LogP contribution is -2.13. The van der Waals surface area contributed by atoms with Crippen LogP contribution >= 0.6 is 0 Å². The van der Waals surface area contributed by atoms with Crippen molar-refractivity contribution in [1.29, 1.82) is 0 Å². The maximum atomic E-state index is 11.2. The molecule has 0 radical (unpaired) electrons.